The van der Waals surface area contributed by atoms with Gasteiger partial charge in [0.05, 0.1) is 21.3 Å². The average Bonchev–Trinajstić information content (AvgIpc) is 3.17. The summed E-state index contributed by atoms with van der Waals surface area (Å²) in [6, 6.07) is 12.3. The maximum Gasteiger partial charge on any atom is 0.338 e. The second kappa shape index (κ2) is 9.23. The molecule has 0 saturated heterocycles. The number of esters is 1. The molecule has 1 heterocycles. The van der Waals surface area contributed by atoms with Gasteiger partial charge in [0.15, 0.2) is 12.4 Å². The minimum Gasteiger partial charge on any atom is -0.454 e. The van der Waals surface area contributed by atoms with Crippen LogP contribution in [0.3, 0.4) is 0 Å². The van der Waals surface area contributed by atoms with Gasteiger partial charge < -0.3 is 10.1 Å². The number of nitrogens with zero attached hydrogens (tertiary/aromatic N) is 1. The maximum atomic E-state index is 12.3. The number of nitrogens with one attached hydrogen (secondary N) is 1. The van der Waals surface area contributed by atoms with Crippen molar-refractivity contribution in [3.63, 3.8) is 0 Å². The average molecular weight is 396 g/mol. The second-order valence-corrected chi connectivity index (χ2v) is 7.20. The number of aromatic nitrogens is 1. The molecule has 144 valence electrons. The summed E-state index contributed by atoms with van der Waals surface area (Å²) >= 11 is 1.44. The van der Waals surface area contributed by atoms with Gasteiger partial charge in [-0.1, -0.05) is 24.3 Å². The number of aryl methyl sites for hydroxylation is 1. The molecule has 3 aromatic rings. The van der Waals surface area contributed by atoms with Crippen molar-refractivity contribution in [2.75, 3.05) is 13.2 Å². The van der Waals surface area contributed by atoms with Gasteiger partial charge in [0.2, 0.25) is 5.91 Å². The predicted octanol–water partition coefficient (Wildman–Crippen LogP) is 3.40. The highest BCUT2D eigenvalue weighted by atomic mass is 32.1. The van der Waals surface area contributed by atoms with Crippen molar-refractivity contribution >= 4 is 39.2 Å². The van der Waals surface area contributed by atoms with Crippen molar-refractivity contribution in [2.45, 2.75) is 19.8 Å². The highest BCUT2D eigenvalue weighted by Crippen LogP contribution is 2.19. The number of Topliss-reactive ketones (excluding diaryl/α,β-unsaturated/α-hetero) is 1. The molecule has 28 heavy (non-hydrogen) atoms. The molecule has 0 fully saturated rings. The van der Waals surface area contributed by atoms with Gasteiger partial charge in [-0.25, -0.2) is 9.78 Å². The summed E-state index contributed by atoms with van der Waals surface area (Å²) in [6.07, 6.45) is 1.64. The molecule has 1 aromatic heterocycles. The topological polar surface area (TPSA) is 85.4 Å². The SMILES string of the molecule is CC(=O)NCCCc1ccc(C(=O)COC(=O)c2ccc3ncsc3c2)cc1. The zero-order valence-corrected chi connectivity index (χ0v) is 16.3. The Hall–Kier alpha value is -3.06. The lowest BCUT2D eigenvalue weighted by atomic mass is 10.1. The normalized spacial score (nSPS) is 10.6. The summed E-state index contributed by atoms with van der Waals surface area (Å²) in [5.41, 5.74) is 4.52. The quantitative estimate of drug-likeness (QED) is 0.358. The number of benzene rings is 2. The van der Waals surface area contributed by atoms with Gasteiger partial charge >= 0.3 is 5.97 Å². The summed E-state index contributed by atoms with van der Waals surface area (Å²) in [4.78, 5) is 39.4. The monoisotopic (exact) mass is 396 g/mol. The first-order valence-electron chi connectivity index (χ1n) is 8.90. The number of carbonyl (C=O) groups excluding carboxylic acids is 3. The van der Waals surface area contributed by atoms with Gasteiger partial charge in [0, 0.05) is 19.0 Å². The standard InChI is InChI=1S/C21H20N2O4S/c1-14(24)22-10-2-3-15-4-6-16(7-5-15)19(25)12-27-21(26)17-8-9-18-20(11-17)28-13-23-18/h4-9,11,13H,2-3,10,12H2,1H3,(H,22,24). The number of thiazole rings is 1. The van der Waals surface area contributed by atoms with Gasteiger partial charge in [-0.05, 0) is 36.6 Å². The van der Waals surface area contributed by atoms with E-state index in [-0.39, 0.29) is 18.3 Å². The number of hydrogen-bond donors (Lipinski definition) is 1. The van der Waals surface area contributed by atoms with Crippen LogP contribution in [0.5, 0.6) is 0 Å². The van der Waals surface area contributed by atoms with Crippen molar-refractivity contribution < 1.29 is 19.1 Å². The number of amides is 1. The summed E-state index contributed by atoms with van der Waals surface area (Å²) in [5, 5.41) is 2.75. The van der Waals surface area contributed by atoms with Gasteiger partial charge in [-0.2, -0.15) is 0 Å². The van der Waals surface area contributed by atoms with Crippen LogP contribution in [0, 0.1) is 0 Å². The Kier molecular flexibility index (Phi) is 6.49. The van der Waals surface area contributed by atoms with Gasteiger partial charge in [-0.15, -0.1) is 11.3 Å². The van der Waals surface area contributed by atoms with Crippen LogP contribution in [-0.2, 0) is 16.0 Å². The van der Waals surface area contributed by atoms with Crippen molar-refractivity contribution in [1.29, 1.82) is 0 Å². The molecule has 0 aliphatic heterocycles. The Balaban J connectivity index is 1.50. The molecule has 1 N–H and O–H groups in total. The Morgan fingerprint density at radius 1 is 1.07 bits per heavy atom. The number of ketones is 1. The third-order valence-electron chi connectivity index (χ3n) is 4.19. The number of hydrogen-bond acceptors (Lipinski definition) is 6. The summed E-state index contributed by atoms with van der Waals surface area (Å²) < 4.78 is 6.06. The van der Waals surface area contributed by atoms with E-state index in [4.69, 9.17) is 4.74 Å². The van der Waals surface area contributed by atoms with E-state index in [0.29, 0.717) is 17.7 Å². The summed E-state index contributed by atoms with van der Waals surface area (Å²) in [6.45, 7) is 1.81. The first kappa shape index (κ1) is 19.7. The highest BCUT2D eigenvalue weighted by Gasteiger charge is 2.13. The lowest BCUT2D eigenvalue weighted by Gasteiger charge is -2.06. The van der Waals surface area contributed by atoms with Crippen molar-refractivity contribution in [3.8, 4) is 0 Å². The molecule has 0 atom stereocenters. The van der Waals surface area contributed by atoms with Crippen LogP contribution in [-0.4, -0.2) is 35.8 Å². The molecule has 6 nitrogen and oxygen atoms in total. The van der Waals surface area contributed by atoms with E-state index in [9.17, 15) is 14.4 Å². The molecule has 0 aliphatic carbocycles. The van der Waals surface area contributed by atoms with E-state index in [1.165, 1.54) is 18.3 Å². The molecule has 0 saturated carbocycles. The van der Waals surface area contributed by atoms with Gasteiger partial charge in [0.1, 0.15) is 0 Å². The Morgan fingerprint density at radius 2 is 1.82 bits per heavy atom. The molecule has 2 aromatic carbocycles. The number of ether oxygens (including phenoxy) is 1. The number of fused-ring (bicyclic) bond motifs is 1. The van der Waals surface area contributed by atoms with E-state index < -0.39 is 5.97 Å². The molecule has 0 radical (unpaired) electrons. The molecule has 0 unspecified atom stereocenters. The van der Waals surface area contributed by atoms with Gasteiger partial charge in [-0.3, -0.25) is 9.59 Å². The zero-order valence-electron chi connectivity index (χ0n) is 15.4. The van der Waals surface area contributed by atoms with E-state index in [1.807, 2.05) is 12.1 Å². The largest absolute Gasteiger partial charge is 0.454 e. The van der Waals surface area contributed by atoms with Crippen LogP contribution in [0.25, 0.3) is 10.2 Å². The predicted molar refractivity (Wildman–Crippen MR) is 108 cm³/mol. The summed E-state index contributed by atoms with van der Waals surface area (Å²) in [5.74, 6) is -0.822. The first-order valence-corrected chi connectivity index (χ1v) is 9.78. The molecule has 3 rings (SSSR count). The Bertz CT molecular complexity index is 995. The lowest BCUT2D eigenvalue weighted by molar-refractivity contribution is -0.118. The van der Waals surface area contributed by atoms with Crippen LogP contribution in [0.15, 0.2) is 48.0 Å². The Morgan fingerprint density at radius 3 is 2.57 bits per heavy atom. The fourth-order valence-corrected chi connectivity index (χ4v) is 3.41. The fraction of sp³-hybridized carbons (Fsp3) is 0.238. The number of carbonyl (C=O) groups is 3. The van der Waals surface area contributed by atoms with E-state index in [1.54, 1.807) is 35.8 Å². The van der Waals surface area contributed by atoms with E-state index >= 15 is 0 Å². The molecular weight excluding hydrogens is 376 g/mol. The molecule has 1 amide bonds. The Labute approximate surface area is 166 Å². The molecular formula is C21H20N2O4S. The van der Waals surface area contributed by atoms with Crippen molar-refractivity contribution in [2.24, 2.45) is 0 Å². The van der Waals surface area contributed by atoms with Crippen LogP contribution >= 0.6 is 11.3 Å². The van der Waals surface area contributed by atoms with E-state index in [0.717, 1.165) is 28.6 Å². The maximum absolute atomic E-state index is 12.3. The zero-order chi connectivity index (χ0) is 19.9. The van der Waals surface area contributed by atoms with Crippen LogP contribution in [0.1, 0.15) is 39.6 Å². The summed E-state index contributed by atoms with van der Waals surface area (Å²) in [7, 11) is 0. The third-order valence-corrected chi connectivity index (χ3v) is 4.99. The fourth-order valence-electron chi connectivity index (χ4n) is 2.69. The van der Waals surface area contributed by atoms with Crippen LogP contribution in [0.2, 0.25) is 0 Å². The van der Waals surface area contributed by atoms with Crippen LogP contribution in [0.4, 0.5) is 0 Å². The van der Waals surface area contributed by atoms with Gasteiger partial charge in [0.25, 0.3) is 0 Å². The third kappa shape index (κ3) is 5.23. The first-order chi connectivity index (χ1) is 13.5. The molecule has 0 bridgehead atoms. The number of rotatable bonds is 8. The minimum atomic E-state index is -0.529. The molecule has 7 heteroatoms. The lowest BCUT2D eigenvalue weighted by Crippen LogP contribution is -2.21. The van der Waals surface area contributed by atoms with Crippen molar-refractivity contribution in [3.05, 3.63) is 64.7 Å². The van der Waals surface area contributed by atoms with Crippen LogP contribution < -0.4 is 5.32 Å². The smallest absolute Gasteiger partial charge is 0.338 e. The molecule has 0 spiro atoms. The highest BCUT2D eigenvalue weighted by molar-refractivity contribution is 7.16. The second-order valence-electron chi connectivity index (χ2n) is 6.32. The minimum absolute atomic E-state index is 0.0394. The van der Waals surface area contributed by atoms with E-state index in [2.05, 4.69) is 10.3 Å². The van der Waals surface area contributed by atoms with Crippen molar-refractivity contribution in [1.82, 2.24) is 10.3 Å². The molecule has 0 aliphatic rings.